The SMILES string of the molecule is CCCCc1nc2cc(NC(N)=S)ccc2n1Cc1ccc(-c2ccccc2OC(=O)O)cc1. The minimum absolute atomic E-state index is 0.223. The van der Waals surface area contributed by atoms with Crippen molar-refractivity contribution in [1.29, 1.82) is 0 Å². The molecule has 0 bridgehead atoms. The lowest BCUT2D eigenvalue weighted by molar-refractivity contribution is 0.144. The number of nitrogens with two attached hydrogens (primary N) is 1. The molecule has 7 nitrogen and oxygen atoms in total. The summed E-state index contributed by atoms with van der Waals surface area (Å²) in [4.78, 5) is 15.9. The molecule has 0 unspecified atom stereocenters. The van der Waals surface area contributed by atoms with Crippen LogP contribution in [0.3, 0.4) is 0 Å². The molecular formula is C26H26N4O3S. The Hall–Kier alpha value is -3.91. The number of benzene rings is 3. The van der Waals surface area contributed by atoms with Crippen LogP contribution >= 0.6 is 12.2 Å². The summed E-state index contributed by atoms with van der Waals surface area (Å²) in [6.45, 7) is 2.84. The zero-order valence-corrected chi connectivity index (χ0v) is 19.6. The molecule has 34 heavy (non-hydrogen) atoms. The lowest BCUT2D eigenvalue weighted by atomic mass is 10.0. The Balaban J connectivity index is 1.64. The number of unbranched alkanes of at least 4 members (excludes halogenated alkanes) is 1. The number of aromatic nitrogens is 2. The van der Waals surface area contributed by atoms with Gasteiger partial charge in [-0.15, -0.1) is 0 Å². The van der Waals surface area contributed by atoms with Crippen LogP contribution < -0.4 is 15.8 Å². The van der Waals surface area contributed by atoms with Gasteiger partial charge in [0, 0.05) is 24.2 Å². The van der Waals surface area contributed by atoms with Crippen LogP contribution in [-0.2, 0) is 13.0 Å². The largest absolute Gasteiger partial charge is 0.511 e. The molecule has 174 valence electrons. The van der Waals surface area contributed by atoms with Gasteiger partial charge in [-0.25, -0.2) is 9.78 Å². The zero-order valence-electron chi connectivity index (χ0n) is 18.8. The topological polar surface area (TPSA) is 102 Å². The van der Waals surface area contributed by atoms with Crippen molar-refractivity contribution in [2.24, 2.45) is 5.73 Å². The van der Waals surface area contributed by atoms with Crippen molar-refractivity contribution < 1.29 is 14.6 Å². The number of nitrogens with one attached hydrogen (secondary N) is 1. The first-order valence-corrected chi connectivity index (χ1v) is 11.5. The highest BCUT2D eigenvalue weighted by Crippen LogP contribution is 2.30. The third-order valence-corrected chi connectivity index (χ3v) is 5.64. The summed E-state index contributed by atoms with van der Waals surface area (Å²) in [6, 6.07) is 21.1. The van der Waals surface area contributed by atoms with E-state index in [2.05, 4.69) is 16.8 Å². The molecule has 1 aromatic heterocycles. The third kappa shape index (κ3) is 5.35. The van der Waals surface area contributed by atoms with Gasteiger partial charge >= 0.3 is 6.16 Å². The van der Waals surface area contributed by atoms with E-state index in [9.17, 15) is 4.79 Å². The van der Waals surface area contributed by atoms with Gasteiger partial charge in [0.05, 0.1) is 11.0 Å². The fraction of sp³-hybridized carbons (Fsp3) is 0.192. The predicted molar refractivity (Wildman–Crippen MR) is 138 cm³/mol. The fourth-order valence-electron chi connectivity index (χ4n) is 3.96. The van der Waals surface area contributed by atoms with Crippen LogP contribution in [0.1, 0.15) is 31.2 Å². The van der Waals surface area contributed by atoms with Crippen molar-refractivity contribution in [3.8, 4) is 16.9 Å². The van der Waals surface area contributed by atoms with E-state index in [4.69, 9.17) is 32.8 Å². The molecule has 0 spiro atoms. The number of hydrogen-bond donors (Lipinski definition) is 3. The summed E-state index contributed by atoms with van der Waals surface area (Å²) in [5, 5.41) is 12.2. The Labute approximate surface area is 203 Å². The Morgan fingerprint density at radius 2 is 1.91 bits per heavy atom. The van der Waals surface area contributed by atoms with E-state index >= 15 is 0 Å². The maximum absolute atomic E-state index is 11.0. The lowest BCUT2D eigenvalue weighted by Crippen LogP contribution is -2.18. The highest BCUT2D eigenvalue weighted by Gasteiger charge is 2.13. The number of fused-ring (bicyclic) bond motifs is 1. The first-order valence-electron chi connectivity index (χ1n) is 11.1. The van der Waals surface area contributed by atoms with E-state index in [1.165, 1.54) is 0 Å². The van der Waals surface area contributed by atoms with E-state index in [1.54, 1.807) is 12.1 Å². The molecular weight excluding hydrogens is 448 g/mol. The molecule has 0 atom stereocenters. The van der Waals surface area contributed by atoms with E-state index in [0.717, 1.165) is 58.5 Å². The molecule has 3 aromatic carbocycles. The minimum Gasteiger partial charge on any atom is -0.449 e. The molecule has 0 saturated carbocycles. The fourth-order valence-corrected chi connectivity index (χ4v) is 4.08. The highest BCUT2D eigenvalue weighted by molar-refractivity contribution is 7.80. The maximum Gasteiger partial charge on any atom is 0.511 e. The number of carboxylic acid groups (broad SMARTS) is 1. The number of carbonyl (C=O) groups is 1. The second-order valence-corrected chi connectivity index (χ2v) is 8.41. The molecule has 0 saturated heterocycles. The van der Waals surface area contributed by atoms with Crippen molar-refractivity contribution in [1.82, 2.24) is 9.55 Å². The van der Waals surface area contributed by atoms with E-state index in [-0.39, 0.29) is 5.11 Å². The third-order valence-electron chi connectivity index (χ3n) is 5.54. The summed E-state index contributed by atoms with van der Waals surface area (Å²) in [7, 11) is 0. The first-order chi connectivity index (χ1) is 16.4. The number of anilines is 1. The molecule has 1 heterocycles. The van der Waals surface area contributed by atoms with Gasteiger partial charge in [0.2, 0.25) is 0 Å². The second-order valence-electron chi connectivity index (χ2n) is 7.97. The van der Waals surface area contributed by atoms with Crippen LogP contribution in [0.5, 0.6) is 5.75 Å². The monoisotopic (exact) mass is 474 g/mol. The Bertz CT molecular complexity index is 1330. The van der Waals surface area contributed by atoms with Crippen LogP contribution in [0, 0.1) is 0 Å². The standard InChI is InChI=1S/C26H26N4O3S/c1-2-3-8-24-29-21-15-19(28-25(27)34)13-14-22(21)30(24)16-17-9-11-18(12-10-17)20-6-4-5-7-23(20)33-26(31)32/h4-7,9-15H,2-3,8,16H2,1H3,(H,31,32)(H3,27,28,34). The van der Waals surface area contributed by atoms with Gasteiger partial charge in [0.15, 0.2) is 5.11 Å². The van der Waals surface area contributed by atoms with Crippen LogP contribution in [0.25, 0.3) is 22.2 Å². The second kappa shape index (κ2) is 10.4. The average molecular weight is 475 g/mol. The number of ether oxygens (including phenoxy) is 1. The van der Waals surface area contributed by atoms with Crippen molar-refractivity contribution >= 4 is 40.2 Å². The Morgan fingerprint density at radius 1 is 1.15 bits per heavy atom. The molecule has 4 N–H and O–H groups in total. The summed E-state index contributed by atoms with van der Waals surface area (Å²) < 4.78 is 7.18. The van der Waals surface area contributed by atoms with Crippen molar-refractivity contribution in [3.05, 3.63) is 78.1 Å². The lowest BCUT2D eigenvalue weighted by Gasteiger charge is -2.12. The Kier molecular flexibility index (Phi) is 7.08. The van der Waals surface area contributed by atoms with Crippen molar-refractivity contribution in [2.75, 3.05) is 5.32 Å². The van der Waals surface area contributed by atoms with Gasteiger partial charge in [-0.1, -0.05) is 55.8 Å². The number of nitrogens with zero attached hydrogens (tertiary/aromatic N) is 2. The number of para-hydroxylation sites is 1. The van der Waals surface area contributed by atoms with E-state index in [1.807, 2.05) is 54.6 Å². The molecule has 4 rings (SSSR count). The molecule has 0 fully saturated rings. The van der Waals surface area contributed by atoms with Crippen LogP contribution in [0.2, 0.25) is 0 Å². The molecule has 0 aliphatic rings. The van der Waals surface area contributed by atoms with Crippen molar-refractivity contribution in [3.63, 3.8) is 0 Å². The van der Waals surface area contributed by atoms with Gasteiger partial charge in [-0.05, 0) is 54.0 Å². The average Bonchev–Trinajstić information content (AvgIpc) is 3.14. The molecule has 0 aliphatic heterocycles. The molecule has 0 amide bonds. The first kappa shape index (κ1) is 23.3. The molecule has 0 aliphatic carbocycles. The van der Waals surface area contributed by atoms with Crippen LogP contribution in [0.15, 0.2) is 66.7 Å². The van der Waals surface area contributed by atoms with Gasteiger partial charge in [0.1, 0.15) is 11.6 Å². The van der Waals surface area contributed by atoms with Gasteiger partial charge in [-0.3, -0.25) is 0 Å². The molecule has 4 aromatic rings. The zero-order chi connectivity index (χ0) is 24.1. The molecule has 0 radical (unpaired) electrons. The number of thiocarbonyl (C=S) groups is 1. The molecule has 8 heteroatoms. The van der Waals surface area contributed by atoms with Crippen LogP contribution in [-0.4, -0.2) is 25.9 Å². The smallest absolute Gasteiger partial charge is 0.449 e. The predicted octanol–water partition coefficient (Wildman–Crippen LogP) is 5.81. The number of aryl methyl sites for hydroxylation is 1. The number of hydrogen-bond acceptors (Lipinski definition) is 4. The highest BCUT2D eigenvalue weighted by atomic mass is 32.1. The van der Waals surface area contributed by atoms with Crippen LogP contribution in [0.4, 0.5) is 10.5 Å². The minimum atomic E-state index is -1.33. The summed E-state index contributed by atoms with van der Waals surface area (Å²) in [6.07, 6.45) is 1.70. The van der Waals surface area contributed by atoms with Gasteiger partial charge in [0.25, 0.3) is 0 Å². The number of imidazole rings is 1. The van der Waals surface area contributed by atoms with Gasteiger partial charge < -0.3 is 25.5 Å². The van der Waals surface area contributed by atoms with E-state index < -0.39 is 6.16 Å². The van der Waals surface area contributed by atoms with Crippen molar-refractivity contribution in [2.45, 2.75) is 32.7 Å². The number of rotatable bonds is 8. The quantitative estimate of drug-likeness (QED) is 0.168. The Morgan fingerprint density at radius 3 is 2.62 bits per heavy atom. The maximum atomic E-state index is 11.0. The van der Waals surface area contributed by atoms with Gasteiger partial charge in [-0.2, -0.15) is 0 Å². The summed E-state index contributed by atoms with van der Waals surface area (Å²) in [5.41, 5.74) is 11.1. The summed E-state index contributed by atoms with van der Waals surface area (Å²) >= 11 is 4.95. The van der Waals surface area contributed by atoms with E-state index in [0.29, 0.717) is 12.3 Å². The summed E-state index contributed by atoms with van der Waals surface area (Å²) in [5.74, 6) is 1.35. The normalized spacial score (nSPS) is 10.9.